The first-order valence-corrected chi connectivity index (χ1v) is 9.54. The molecule has 1 atom stereocenters. The zero-order valence-corrected chi connectivity index (χ0v) is 15.9. The number of rotatable bonds is 5. The second-order valence-corrected chi connectivity index (χ2v) is 7.94. The monoisotopic (exact) mass is 411 g/mol. The Labute approximate surface area is 165 Å². The number of hydrogen-bond acceptors (Lipinski definition) is 3. The molecule has 0 spiro atoms. The molecule has 1 saturated heterocycles. The molecule has 1 unspecified atom stereocenters. The van der Waals surface area contributed by atoms with Crippen molar-refractivity contribution in [3.8, 4) is 0 Å². The molecule has 9 heteroatoms. The van der Waals surface area contributed by atoms with E-state index in [0.29, 0.717) is 37.2 Å². The maximum Gasteiger partial charge on any atom is 0.416 e. The van der Waals surface area contributed by atoms with Crippen LogP contribution in [0.5, 0.6) is 0 Å². The average molecular weight is 411 g/mol. The molecule has 1 N–H and O–H groups in total. The number of ether oxygens (including phenoxy) is 1. The Morgan fingerprint density at radius 2 is 2.10 bits per heavy atom. The Morgan fingerprint density at radius 3 is 2.72 bits per heavy atom. The van der Waals surface area contributed by atoms with E-state index >= 15 is 0 Å². The molecular formula is C20H21F4N3O2. The standard InChI is InChI=1S/C20H21F4N3O2/c1-19(6-7-19)16-10-17(27(26-16)11-13-3-2-8-29-13)25-18(28)14-9-12(20(22,23)24)4-5-15(14)21/h4-5,9-10,13H,2-3,6-8,11H2,1H3,(H,25,28). The number of amides is 1. The van der Waals surface area contributed by atoms with Crippen LogP contribution in [0.2, 0.25) is 0 Å². The van der Waals surface area contributed by atoms with Crippen molar-refractivity contribution in [3.05, 3.63) is 46.9 Å². The predicted molar refractivity (Wildman–Crippen MR) is 97.1 cm³/mol. The molecule has 0 bridgehead atoms. The van der Waals surface area contributed by atoms with Crippen molar-refractivity contribution in [1.82, 2.24) is 9.78 Å². The van der Waals surface area contributed by atoms with Crippen molar-refractivity contribution in [2.75, 3.05) is 11.9 Å². The molecule has 156 valence electrons. The molecule has 2 heterocycles. The summed E-state index contributed by atoms with van der Waals surface area (Å²) in [5.41, 5.74) is -1.01. The second kappa shape index (κ2) is 7.12. The zero-order valence-electron chi connectivity index (χ0n) is 15.9. The lowest BCUT2D eigenvalue weighted by Gasteiger charge is -2.14. The van der Waals surface area contributed by atoms with Gasteiger partial charge in [-0.1, -0.05) is 6.92 Å². The molecule has 1 aliphatic heterocycles. The third kappa shape index (κ3) is 4.14. The number of hydrogen-bond donors (Lipinski definition) is 1. The van der Waals surface area contributed by atoms with Gasteiger partial charge in [-0.2, -0.15) is 18.3 Å². The minimum atomic E-state index is -4.67. The van der Waals surface area contributed by atoms with Crippen molar-refractivity contribution >= 4 is 11.7 Å². The van der Waals surface area contributed by atoms with Gasteiger partial charge in [-0.25, -0.2) is 9.07 Å². The lowest BCUT2D eigenvalue weighted by molar-refractivity contribution is -0.137. The Balaban J connectivity index is 1.61. The average Bonchev–Trinajstić information content (AvgIpc) is 3.05. The lowest BCUT2D eigenvalue weighted by Crippen LogP contribution is -2.22. The number of anilines is 1. The van der Waals surface area contributed by atoms with Gasteiger partial charge in [0.1, 0.15) is 11.6 Å². The molecule has 1 aromatic heterocycles. The van der Waals surface area contributed by atoms with Crippen LogP contribution in [0.25, 0.3) is 0 Å². The number of carbonyl (C=O) groups is 1. The highest BCUT2D eigenvalue weighted by Crippen LogP contribution is 2.47. The normalized spacial score (nSPS) is 20.7. The van der Waals surface area contributed by atoms with Gasteiger partial charge in [-0.15, -0.1) is 0 Å². The second-order valence-electron chi connectivity index (χ2n) is 7.94. The van der Waals surface area contributed by atoms with Crippen LogP contribution in [0.1, 0.15) is 54.2 Å². The van der Waals surface area contributed by atoms with Crippen LogP contribution in [-0.2, 0) is 22.9 Å². The van der Waals surface area contributed by atoms with E-state index in [0.717, 1.165) is 31.4 Å². The highest BCUT2D eigenvalue weighted by atomic mass is 19.4. The summed E-state index contributed by atoms with van der Waals surface area (Å²) in [4.78, 5) is 12.6. The van der Waals surface area contributed by atoms with E-state index < -0.39 is 29.0 Å². The molecule has 4 rings (SSSR count). The van der Waals surface area contributed by atoms with E-state index in [9.17, 15) is 22.4 Å². The Morgan fingerprint density at radius 1 is 1.34 bits per heavy atom. The molecule has 0 radical (unpaired) electrons. The van der Waals surface area contributed by atoms with Crippen LogP contribution in [0.15, 0.2) is 24.3 Å². The Kier molecular flexibility index (Phi) is 4.88. The summed E-state index contributed by atoms with van der Waals surface area (Å²) in [6, 6.07) is 3.50. The zero-order chi connectivity index (χ0) is 20.8. The number of alkyl halides is 3. The Bertz CT molecular complexity index is 928. The van der Waals surface area contributed by atoms with Crippen LogP contribution >= 0.6 is 0 Å². The maximum absolute atomic E-state index is 14.1. The van der Waals surface area contributed by atoms with Crippen molar-refractivity contribution in [1.29, 1.82) is 0 Å². The predicted octanol–water partition coefficient (Wildman–Crippen LogP) is 4.52. The fourth-order valence-electron chi connectivity index (χ4n) is 3.44. The van der Waals surface area contributed by atoms with Gasteiger partial charge < -0.3 is 10.1 Å². The van der Waals surface area contributed by atoms with Gasteiger partial charge in [0, 0.05) is 18.1 Å². The number of aromatic nitrogens is 2. The maximum atomic E-state index is 14.1. The van der Waals surface area contributed by atoms with Crippen molar-refractivity contribution < 1.29 is 27.1 Å². The highest BCUT2D eigenvalue weighted by Gasteiger charge is 2.42. The molecule has 5 nitrogen and oxygen atoms in total. The van der Waals surface area contributed by atoms with Crippen LogP contribution in [0.3, 0.4) is 0 Å². The molecule has 1 saturated carbocycles. The van der Waals surface area contributed by atoms with E-state index in [2.05, 4.69) is 17.3 Å². The number of nitrogens with zero attached hydrogens (tertiary/aromatic N) is 2. The summed E-state index contributed by atoms with van der Waals surface area (Å²) in [5.74, 6) is -1.64. The van der Waals surface area contributed by atoms with Crippen LogP contribution in [0.4, 0.5) is 23.4 Å². The Hall–Kier alpha value is -2.42. The summed E-state index contributed by atoms with van der Waals surface area (Å²) >= 11 is 0. The number of benzene rings is 1. The van der Waals surface area contributed by atoms with Crippen molar-refractivity contribution in [3.63, 3.8) is 0 Å². The van der Waals surface area contributed by atoms with Crippen LogP contribution in [0, 0.1) is 5.82 Å². The third-order valence-electron chi connectivity index (χ3n) is 5.58. The molecule has 1 aromatic carbocycles. The summed E-state index contributed by atoms with van der Waals surface area (Å²) in [6.45, 7) is 3.13. The number of nitrogens with one attached hydrogen (secondary N) is 1. The van der Waals surface area contributed by atoms with Gasteiger partial charge in [0.15, 0.2) is 0 Å². The first-order chi connectivity index (χ1) is 13.7. The van der Waals surface area contributed by atoms with E-state index in [1.807, 2.05) is 0 Å². The first-order valence-electron chi connectivity index (χ1n) is 9.54. The largest absolute Gasteiger partial charge is 0.416 e. The molecular weight excluding hydrogens is 390 g/mol. The quantitative estimate of drug-likeness (QED) is 0.736. The third-order valence-corrected chi connectivity index (χ3v) is 5.58. The van der Waals surface area contributed by atoms with Crippen LogP contribution in [-0.4, -0.2) is 28.4 Å². The lowest BCUT2D eigenvalue weighted by atomic mass is 10.1. The minimum absolute atomic E-state index is 0.0456. The first kappa shape index (κ1) is 19.9. The van der Waals surface area contributed by atoms with Crippen LogP contribution < -0.4 is 5.32 Å². The van der Waals surface area contributed by atoms with Gasteiger partial charge in [-0.05, 0) is 43.9 Å². The van der Waals surface area contributed by atoms with E-state index in [-0.39, 0.29) is 11.5 Å². The van der Waals surface area contributed by atoms with Gasteiger partial charge in [0.05, 0.1) is 29.5 Å². The smallest absolute Gasteiger partial charge is 0.376 e. The van der Waals surface area contributed by atoms with Gasteiger partial charge in [-0.3, -0.25) is 4.79 Å². The van der Waals surface area contributed by atoms with E-state index in [1.165, 1.54) is 0 Å². The highest BCUT2D eigenvalue weighted by molar-refractivity contribution is 6.04. The summed E-state index contributed by atoms with van der Waals surface area (Å²) in [6.07, 6.45) is -0.969. The molecule has 29 heavy (non-hydrogen) atoms. The number of halogens is 4. The molecule has 2 aliphatic rings. The fourth-order valence-corrected chi connectivity index (χ4v) is 3.44. The SMILES string of the molecule is CC1(c2cc(NC(=O)c3cc(C(F)(F)F)ccc3F)n(CC3CCCO3)n2)CC1. The fraction of sp³-hybridized carbons (Fsp3) is 0.500. The topological polar surface area (TPSA) is 56.2 Å². The summed E-state index contributed by atoms with van der Waals surface area (Å²) in [5, 5.41) is 7.12. The summed E-state index contributed by atoms with van der Waals surface area (Å²) in [7, 11) is 0. The number of carbonyl (C=O) groups excluding carboxylic acids is 1. The molecule has 1 amide bonds. The molecule has 1 aliphatic carbocycles. The molecule has 2 aromatic rings. The summed E-state index contributed by atoms with van der Waals surface area (Å²) < 4.78 is 60.1. The molecule has 2 fully saturated rings. The van der Waals surface area contributed by atoms with Crippen molar-refractivity contribution in [2.24, 2.45) is 0 Å². The van der Waals surface area contributed by atoms with Gasteiger partial charge in [0.25, 0.3) is 5.91 Å². The van der Waals surface area contributed by atoms with Crippen molar-refractivity contribution in [2.45, 2.75) is 56.8 Å². The van der Waals surface area contributed by atoms with E-state index in [4.69, 9.17) is 4.74 Å². The van der Waals surface area contributed by atoms with Gasteiger partial charge >= 0.3 is 6.18 Å². The van der Waals surface area contributed by atoms with Gasteiger partial charge in [0.2, 0.25) is 0 Å². The minimum Gasteiger partial charge on any atom is -0.376 e. The van der Waals surface area contributed by atoms with E-state index in [1.54, 1.807) is 10.7 Å².